The van der Waals surface area contributed by atoms with Crippen molar-refractivity contribution in [2.45, 2.75) is 6.42 Å². The quantitative estimate of drug-likeness (QED) is 0.727. The molecule has 0 bridgehead atoms. The first-order chi connectivity index (χ1) is 6.90. The first kappa shape index (κ1) is 9.15. The fourth-order valence-corrected chi connectivity index (χ4v) is 1.48. The van der Waals surface area contributed by atoms with Crippen molar-refractivity contribution in [3.8, 4) is 0 Å². The Hall–Kier alpha value is -1.42. The van der Waals surface area contributed by atoms with Crippen molar-refractivity contribution in [3.05, 3.63) is 24.2 Å². The standard InChI is InChI=1S/C10H14N4/c1-11-10-7-13-9(6-14-10)8-2-4-12-5-3-8/h2,6-7,12H,3-5H2,1H3,(H,11,14). The molecule has 0 fully saturated rings. The second kappa shape index (κ2) is 4.19. The second-order valence-electron chi connectivity index (χ2n) is 3.22. The average molecular weight is 190 g/mol. The number of nitrogens with zero attached hydrogens (tertiary/aromatic N) is 2. The second-order valence-corrected chi connectivity index (χ2v) is 3.22. The molecule has 0 saturated heterocycles. The molecule has 2 N–H and O–H groups in total. The molecule has 0 radical (unpaired) electrons. The van der Waals surface area contributed by atoms with Crippen molar-refractivity contribution in [1.82, 2.24) is 15.3 Å². The van der Waals surface area contributed by atoms with Crippen molar-refractivity contribution in [2.75, 3.05) is 25.5 Å². The van der Waals surface area contributed by atoms with E-state index in [1.54, 1.807) is 6.20 Å². The molecular weight excluding hydrogens is 176 g/mol. The van der Waals surface area contributed by atoms with Crippen LogP contribution in [0.15, 0.2) is 18.5 Å². The smallest absolute Gasteiger partial charge is 0.144 e. The van der Waals surface area contributed by atoms with E-state index >= 15 is 0 Å². The molecule has 2 rings (SSSR count). The van der Waals surface area contributed by atoms with Gasteiger partial charge in [-0.2, -0.15) is 0 Å². The molecule has 0 aromatic carbocycles. The van der Waals surface area contributed by atoms with Crippen LogP contribution in [0.5, 0.6) is 0 Å². The molecule has 1 aromatic heterocycles. The number of hydrogen-bond acceptors (Lipinski definition) is 4. The zero-order chi connectivity index (χ0) is 9.80. The Morgan fingerprint density at radius 2 is 2.29 bits per heavy atom. The van der Waals surface area contributed by atoms with Gasteiger partial charge in [0.1, 0.15) is 5.82 Å². The lowest BCUT2D eigenvalue weighted by Crippen LogP contribution is -2.20. The van der Waals surface area contributed by atoms with E-state index in [1.165, 1.54) is 5.57 Å². The van der Waals surface area contributed by atoms with Gasteiger partial charge in [0.15, 0.2) is 0 Å². The fraction of sp³-hybridized carbons (Fsp3) is 0.400. The van der Waals surface area contributed by atoms with Crippen molar-refractivity contribution in [1.29, 1.82) is 0 Å². The largest absolute Gasteiger partial charge is 0.372 e. The number of anilines is 1. The molecule has 14 heavy (non-hydrogen) atoms. The molecule has 0 atom stereocenters. The molecule has 0 unspecified atom stereocenters. The van der Waals surface area contributed by atoms with Gasteiger partial charge in [0.25, 0.3) is 0 Å². The van der Waals surface area contributed by atoms with Gasteiger partial charge in [0.05, 0.1) is 18.1 Å². The van der Waals surface area contributed by atoms with Gasteiger partial charge in [-0.25, -0.2) is 4.98 Å². The summed E-state index contributed by atoms with van der Waals surface area (Å²) in [6.07, 6.45) is 6.79. The summed E-state index contributed by atoms with van der Waals surface area (Å²) in [5.74, 6) is 0.809. The number of hydrogen-bond donors (Lipinski definition) is 2. The molecule has 1 aromatic rings. The van der Waals surface area contributed by atoms with Gasteiger partial charge in [0, 0.05) is 13.6 Å². The fourth-order valence-electron chi connectivity index (χ4n) is 1.48. The summed E-state index contributed by atoms with van der Waals surface area (Å²) in [5.41, 5.74) is 2.28. The summed E-state index contributed by atoms with van der Waals surface area (Å²) >= 11 is 0. The summed E-state index contributed by atoms with van der Waals surface area (Å²) in [6, 6.07) is 0. The SMILES string of the molecule is CNc1cnc(C2=CCNCC2)cn1. The summed E-state index contributed by atoms with van der Waals surface area (Å²) in [5, 5.41) is 6.22. The van der Waals surface area contributed by atoms with E-state index in [4.69, 9.17) is 0 Å². The highest BCUT2D eigenvalue weighted by Crippen LogP contribution is 2.16. The molecule has 74 valence electrons. The van der Waals surface area contributed by atoms with Crippen LogP contribution in [0.3, 0.4) is 0 Å². The molecule has 0 aliphatic carbocycles. The predicted octanol–water partition coefficient (Wildman–Crippen LogP) is 0.895. The van der Waals surface area contributed by atoms with E-state index in [-0.39, 0.29) is 0 Å². The van der Waals surface area contributed by atoms with Crippen molar-refractivity contribution < 1.29 is 0 Å². The summed E-state index contributed by atoms with van der Waals surface area (Å²) < 4.78 is 0. The Labute approximate surface area is 83.5 Å². The maximum Gasteiger partial charge on any atom is 0.144 e. The highest BCUT2D eigenvalue weighted by molar-refractivity contribution is 5.63. The molecule has 1 aliphatic rings. The summed E-state index contributed by atoms with van der Waals surface area (Å²) in [6.45, 7) is 1.96. The van der Waals surface area contributed by atoms with Crippen LogP contribution in [0.1, 0.15) is 12.1 Å². The maximum absolute atomic E-state index is 4.35. The number of aromatic nitrogens is 2. The van der Waals surface area contributed by atoms with E-state index in [0.717, 1.165) is 31.0 Å². The van der Waals surface area contributed by atoms with Crippen LogP contribution in [-0.4, -0.2) is 30.1 Å². The maximum atomic E-state index is 4.35. The van der Waals surface area contributed by atoms with Gasteiger partial charge >= 0.3 is 0 Å². The summed E-state index contributed by atoms with van der Waals surface area (Å²) in [7, 11) is 1.84. The van der Waals surface area contributed by atoms with Crippen LogP contribution in [0.4, 0.5) is 5.82 Å². The molecule has 2 heterocycles. The highest BCUT2D eigenvalue weighted by Gasteiger charge is 2.06. The Morgan fingerprint density at radius 3 is 2.86 bits per heavy atom. The lowest BCUT2D eigenvalue weighted by atomic mass is 10.1. The van der Waals surface area contributed by atoms with Gasteiger partial charge in [-0.3, -0.25) is 4.98 Å². The number of rotatable bonds is 2. The Morgan fingerprint density at radius 1 is 1.36 bits per heavy atom. The van der Waals surface area contributed by atoms with Crippen LogP contribution in [0, 0.1) is 0 Å². The molecule has 4 nitrogen and oxygen atoms in total. The van der Waals surface area contributed by atoms with Gasteiger partial charge in [-0.1, -0.05) is 6.08 Å². The van der Waals surface area contributed by atoms with Gasteiger partial charge in [-0.05, 0) is 18.5 Å². The van der Waals surface area contributed by atoms with Gasteiger partial charge in [0.2, 0.25) is 0 Å². The minimum Gasteiger partial charge on any atom is -0.372 e. The van der Waals surface area contributed by atoms with Crippen molar-refractivity contribution in [3.63, 3.8) is 0 Å². The van der Waals surface area contributed by atoms with Crippen LogP contribution in [0.2, 0.25) is 0 Å². The molecule has 0 amide bonds. The van der Waals surface area contributed by atoms with E-state index in [2.05, 4.69) is 26.7 Å². The van der Waals surface area contributed by atoms with Crippen LogP contribution in [-0.2, 0) is 0 Å². The normalized spacial score (nSPS) is 16.2. The summed E-state index contributed by atoms with van der Waals surface area (Å²) in [4.78, 5) is 8.59. The predicted molar refractivity (Wildman–Crippen MR) is 57.0 cm³/mol. The lowest BCUT2D eigenvalue weighted by molar-refractivity contribution is 0.736. The first-order valence-corrected chi connectivity index (χ1v) is 4.80. The van der Waals surface area contributed by atoms with E-state index < -0.39 is 0 Å². The van der Waals surface area contributed by atoms with Crippen LogP contribution < -0.4 is 10.6 Å². The Balaban J connectivity index is 2.19. The third kappa shape index (κ3) is 1.90. The highest BCUT2D eigenvalue weighted by atomic mass is 15.0. The monoisotopic (exact) mass is 190 g/mol. The topological polar surface area (TPSA) is 49.8 Å². The number of nitrogens with one attached hydrogen (secondary N) is 2. The molecule has 0 saturated carbocycles. The van der Waals surface area contributed by atoms with E-state index in [9.17, 15) is 0 Å². The van der Waals surface area contributed by atoms with Gasteiger partial charge < -0.3 is 10.6 Å². The molecule has 4 heteroatoms. The minimum absolute atomic E-state index is 0.809. The molecular formula is C10H14N4. The average Bonchev–Trinajstić information content (AvgIpc) is 2.30. The Bertz CT molecular complexity index is 328. The Kier molecular flexibility index (Phi) is 2.74. The van der Waals surface area contributed by atoms with E-state index in [1.807, 2.05) is 13.2 Å². The minimum atomic E-state index is 0.809. The van der Waals surface area contributed by atoms with Crippen molar-refractivity contribution in [2.24, 2.45) is 0 Å². The zero-order valence-corrected chi connectivity index (χ0v) is 8.25. The molecule has 1 aliphatic heterocycles. The van der Waals surface area contributed by atoms with Crippen molar-refractivity contribution >= 4 is 11.4 Å². The molecule has 0 spiro atoms. The first-order valence-electron chi connectivity index (χ1n) is 4.80. The zero-order valence-electron chi connectivity index (χ0n) is 8.25. The van der Waals surface area contributed by atoms with Crippen LogP contribution in [0.25, 0.3) is 5.57 Å². The van der Waals surface area contributed by atoms with Gasteiger partial charge in [-0.15, -0.1) is 0 Å². The third-order valence-electron chi connectivity index (χ3n) is 2.30. The third-order valence-corrected chi connectivity index (χ3v) is 2.30. The lowest BCUT2D eigenvalue weighted by Gasteiger charge is -2.13. The van der Waals surface area contributed by atoms with Crippen LogP contribution >= 0.6 is 0 Å². The van der Waals surface area contributed by atoms with E-state index in [0.29, 0.717) is 0 Å².